The minimum atomic E-state index is -5.28. The second-order valence-corrected chi connectivity index (χ2v) is 4.76. The Bertz CT molecular complexity index is 670. The minimum absolute atomic E-state index is 0.126. The van der Waals surface area contributed by atoms with Crippen LogP contribution in [0, 0.1) is 5.92 Å². The van der Waals surface area contributed by atoms with Crippen LogP contribution in [0.3, 0.4) is 0 Å². The molecule has 0 atom stereocenters. The first-order valence-corrected chi connectivity index (χ1v) is 6.62. The quantitative estimate of drug-likeness (QED) is 0.626. The molecular formula is C17H11F3O3. The zero-order chi connectivity index (χ0) is 17.0. The molecule has 0 N–H and O–H groups in total. The molecule has 0 fully saturated rings. The highest BCUT2D eigenvalue weighted by Crippen LogP contribution is 2.26. The Morgan fingerprint density at radius 3 is 1.35 bits per heavy atom. The molecular weight excluding hydrogens is 309 g/mol. The highest BCUT2D eigenvalue weighted by Gasteiger charge is 2.49. The van der Waals surface area contributed by atoms with E-state index in [1.807, 2.05) is 0 Å². The van der Waals surface area contributed by atoms with Crippen LogP contribution in [-0.4, -0.2) is 23.5 Å². The summed E-state index contributed by atoms with van der Waals surface area (Å²) >= 11 is 0. The third-order valence-electron chi connectivity index (χ3n) is 3.18. The van der Waals surface area contributed by atoms with E-state index in [-0.39, 0.29) is 11.1 Å². The van der Waals surface area contributed by atoms with Crippen molar-refractivity contribution < 1.29 is 27.6 Å². The number of carbonyl (C=O) groups is 3. The molecule has 0 unspecified atom stereocenters. The summed E-state index contributed by atoms with van der Waals surface area (Å²) in [6, 6.07) is 13.9. The first kappa shape index (κ1) is 16.6. The van der Waals surface area contributed by atoms with Gasteiger partial charge in [0.15, 0.2) is 17.5 Å². The van der Waals surface area contributed by atoms with Gasteiger partial charge in [-0.3, -0.25) is 14.4 Å². The maximum absolute atomic E-state index is 12.8. The Labute approximate surface area is 129 Å². The predicted octanol–water partition coefficient (Wildman–Crippen LogP) is 3.50. The molecule has 23 heavy (non-hydrogen) atoms. The molecule has 0 aromatic heterocycles. The zero-order valence-electron chi connectivity index (χ0n) is 11.7. The van der Waals surface area contributed by atoms with Crippen LogP contribution in [0.25, 0.3) is 0 Å². The van der Waals surface area contributed by atoms with Crippen LogP contribution in [0.15, 0.2) is 60.7 Å². The van der Waals surface area contributed by atoms with Crippen LogP contribution in [-0.2, 0) is 4.79 Å². The Kier molecular flexibility index (Phi) is 4.74. The molecule has 3 nitrogen and oxygen atoms in total. The van der Waals surface area contributed by atoms with Crippen molar-refractivity contribution in [1.29, 1.82) is 0 Å². The Morgan fingerprint density at radius 2 is 1.04 bits per heavy atom. The van der Waals surface area contributed by atoms with Crippen molar-refractivity contribution in [2.24, 2.45) is 5.92 Å². The molecule has 6 heteroatoms. The average Bonchev–Trinajstić information content (AvgIpc) is 2.55. The maximum atomic E-state index is 12.8. The lowest BCUT2D eigenvalue weighted by Crippen LogP contribution is -2.40. The molecule has 0 saturated carbocycles. The minimum Gasteiger partial charge on any atom is -0.293 e. The van der Waals surface area contributed by atoms with Crippen LogP contribution in [0.4, 0.5) is 13.2 Å². The number of ketones is 3. The number of Topliss-reactive ketones (excluding diaryl/α,β-unsaturated/α-hetero) is 3. The van der Waals surface area contributed by atoms with Crippen LogP contribution in [0.1, 0.15) is 20.7 Å². The number of alkyl halides is 3. The van der Waals surface area contributed by atoms with Crippen LogP contribution >= 0.6 is 0 Å². The molecule has 2 rings (SSSR count). The van der Waals surface area contributed by atoms with Crippen molar-refractivity contribution in [3.63, 3.8) is 0 Å². The number of benzene rings is 2. The van der Waals surface area contributed by atoms with Crippen molar-refractivity contribution in [2.75, 3.05) is 0 Å². The summed E-state index contributed by atoms with van der Waals surface area (Å²) in [4.78, 5) is 36.2. The molecule has 0 heterocycles. The first-order chi connectivity index (χ1) is 10.8. The molecule has 118 valence electrons. The third-order valence-corrected chi connectivity index (χ3v) is 3.18. The predicted molar refractivity (Wildman–Crippen MR) is 76.1 cm³/mol. The van der Waals surface area contributed by atoms with Gasteiger partial charge in [-0.15, -0.1) is 0 Å². The lowest BCUT2D eigenvalue weighted by Gasteiger charge is -2.15. The van der Waals surface area contributed by atoms with Crippen molar-refractivity contribution in [1.82, 2.24) is 0 Å². The second-order valence-electron chi connectivity index (χ2n) is 4.76. The fourth-order valence-corrected chi connectivity index (χ4v) is 2.06. The summed E-state index contributed by atoms with van der Waals surface area (Å²) in [6.45, 7) is 0. The van der Waals surface area contributed by atoms with E-state index in [1.54, 1.807) is 12.1 Å². The summed E-state index contributed by atoms with van der Waals surface area (Å²) < 4.78 is 38.4. The summed E-state index contributed by atoms with van der Waals surface area (Å²) in [5.74, 6) is -7.12. The highest BCUT2D eigenvalue weighted by molar-refractivity contribution is 6.28. The number of halogens is 3. The smallest absolute Gasteiger partial charge is 0.293 e. The third kappa shape index (κ3) is 3.71. The van der Waals surface area contributed by atoms with Gasteiger partial charge >= 0.3 is 6.18 Å². The summed E-state index contributed by atoms with van der Waals surface area (Å²) in [5, 5.41) is 0. The Morgan fingerprint density at radius 1 is 0.696 bits per heavy atom. The van der Waals surface area contributed by atoms with Gasteiger partial charge in [0.05, 0.1) is 0 Å². The molecule has 0 aliphatic heterocycles. The SMILES string of the molecule is O=C(c1ccccc1)C(C(=O)c1ccccc1)C(=O)C(F)(F)F. The molecule has 0 amide bonds. The lowest BCUT2D eigenvalue weighted by atomic mass is 9.86. The van der Waals surface area contributed by atoms with Gasteiger partial charge in [-0.1, -0.05) is 60.7 Å². The normalized spacial score (nSPS) is 11.3. The van der Waals surface area contributed by atoms with Crippen molar-refractivity contribution in [3.05, 3.63) is 71.8 Å². The highest BCUT2D eigenvalue weighted by atomic mass is 19.4. The van der Waals surface area contributed by atoms with E-state index in [1.165, 1.54) is 48.5 Å². The topological polar surface area (TPSA) is 51.2 Å². The van der Waals surface area contributed by atoms with Gasteiger partial charge in [0.1, 0.15) is 0 Å². The van der Waals surface area contributed by atoms with Crippen molar-refractivity contribution in [3.8, 4) is 0 Å². The summed E-state index contributed by atoms with van der Waals surface area (Å²) in [7, 11) is 0. The average molecular weight is 320 g/mol. The monoisotopic (exact) mass is 320 g/mol. The van der Waals surface area contributed by atoms with Crippen LogP contribution in [0.5, 0.6) is 0 Å². The van der Waals surface area contributed by atoms with Gasteiger partial charge in [-0.25, -0.2) is 0 Å². The Hall–Kier alpha value is -2.76. The van der Waals surface area contributed by atoms with E-state index in [2.05, 4.69) is 0 Å². The van der Waals surface area contributed by atoms with E-state index in [4.69, 9.17) is 0 Å². The molecule has 0 radical (unpaired) electrons. The fraction of sp³-hybridized carbons (Fsp3) is 0.118. The largest absolute Gasteiger partial charge is 0.451 e. The van der Waals surface area contributed by atoms with E-state index >= 15 is 0 Å². The van der Waals surface area contributed by atoms with Crippen molar-refractivity contribution >= 4 is 17.3 Å². The van der Waals surface area contributed by atoms with E-state index in [0.717, 1.165) is 0 Å². The fourth-order valence-electron chi connectivity index (χ4n) is 2.06. The maximum Gasteiger partial charge on any atom is 0.451 e. The molecule has 2 aromatic rings. The number of carbonyl (C=O) groups excluding carboxylic acids is 3. The van der Waals surface area contributed by atoms with Crippen molar-refractivity contribution in [2.45, 2.75) is 6.18 Å². The van der Waals surface area contributed by atoms with Gasteiger partial charge in [0.2, 0.25) is 0 Å². The van der Waals surface area contributed by atoms with E-state index in [0.29, 0.717) is 0 Å². The van der Waals surface area contributed by atoms with Gasteiger partial charge in [0, 0.05) is 11.1 Å². The number of hydrogen-bond donors (Lipinski definition) is 0. The molecule has 0 saturated heterocycles. The first-order valence-electron chi connectivity index (χ1n) is 6.62. The number of rotatable bonds is 5. The van der Waals surface area contributed by atoms with Gasteiger partial charge in [0.25, 0.3) is 5.78 Å². The Balaban J connectivity index is 2.47. The van der Waals surface area contributed by atoms with Gasteiger partial charge < -0.3 is 0 Å². The molecule has 2 aromatic carbocycles. The van der Waals surface area contributed by atoms with Crippen LogP contribution in [0.2, 0.25) is 0 Å². The molecule has 0 spiro atoms. The molecule has 0 aliphatic rings. The van der Waals surface area contributed by atoms with Crippen LogP contribution < -0.4 is 0 Å². The number of hydrogen-bond acceptors (Lipinski definition) is 3. The summed E-state index contributed by atoms with van der Waals surface area (Å²) in [6.07, 6.45) is -5.28. The second kappa shape index (κ2) is 6.56. The molecule has 0 bridgehead atoms. The van der Waals surface area contributed by atoms with E-state index in [9.17, 15) is 27.6 Å². The van der Waals surface area contributed by atoms with Gasteiger partial charge in [-0.2, -0.15) is 13.2 Å². The summed E-state index contributed by atoms with van der Waals surface area (Å²) in [5.41, 5.74) is -0.251. The zero-order valence-corrected chi connectivity index (χ0v) is 11.7. The van der Waals surface area contributed by atoms with E-state index < -0.39 is 29.4 Å². The lowest BCUT2D eigenvalue weighted by molar-refractivity contribution is -0.172. The molecule has 0 aliphatic carbocycles. The van der Waals surface area contributed by atoms with Gasteiger partial charge in [-0.05, 0) is 0 Å². The standard InChI is InChI=1S/C17H11F3O3/c18-17(19,20)16(23)13(14(21)11-7-3-1-4-8-11)15(22)12-9-5-2-6-10-12/h1-10,13H.